The molecule has 2 aromatic heterocycles. The van der Waals surface area contributed by atoms with Crippen molar-refractivity contribution < 1.29 is 9.53 Å². The Kier molecular flexibility index (Phi) is 4.32. The van der Waals surface area contributed by atoms with Crippen LogP contribution in [0.25, 0.3) is 15.3 Å². The largest absolute Gasteiger partial charge is 0.494 e. The van der Waals surface area contributed by atoms with Crippen molar-refractivity contribution in [2.45, 2.75) is 26.2 Å². The van der Waals surface area contributed by atoms with E-state index in [4.69, 9.17) is 14.8 Å². The molecular weight excluding hydrogens is 384 g/mol. The summed E-state index contributed by atoms with van der Waals surface area (Å²) in [6.07, 6.45) is 0.365. The zero-order valence-electron chi connectivity index (χ0n) is 16.2. The van der Waals surface area contributed by atoms with Gasteiger partial charge in [0.05, 0.1) is 22.5 Å². The van der Waals surface area contributed by atoms with E-state index in [0.29, 0.717) is 18.8 Å². The van der Waals surface area contributed by atoms with Gasteiger partial charge in [0.25, 0.3) is 0 Å². The molecule has 0 saturated carbocycles. The Labute approximate surface area is 172 Å². The topological polar surface area (TPSA) is 69.0 Å². The Balaban J connectivity index is 1.67. The number of carbonyl (C=O) groups is 1. The van der Waals surface area contributed by atoms with Gasteiger partial charge in [-0.2, -0.15) is 9.78 Å². The number of fused-ring (bicyclic) bond motifs is 2. The Morgan fingerprint density at radius 2 is 2.00 bits per heavy atom. The van der Waals surface area contributed by atoms with Gasteiger partial charge in [0.1, 0.15) is 11.6 Å². The standard InChI is InChI=1S/C22H20N4O2S/c1-3-28-17-10-6-4-8-14(17)15-12-19(27)24-21-20(15)13(2)25-26(21)22-23-16-9-5-7-11-18(16)29-22/h4-11,15H,3,12H2,1-2H3,(H,24,27)/t15-/m0/s1. The van der Waals surface area contributed by atoms with E-state index in [1.54, 1.807) is 16.0 Å². The van der Waals surface area contributed by atoms with Gasteiger partial charge in [-0.1, -0.05) is 41.7 Å². The molecule has 0 bridgehead atoms. The van der Waals surface area contributed by atoms with Crippen LogP contribution in [0.2, 0.25) is 0 Å². The highest BCUT2D eigenvalue weighted by atomic mass is 32.1. The number of aryl methyl sites for hydroxylation is 1. The number of anilines is 1. The second-order valence-electron chi connectivity index (χ2n) is 7.00. The molecule has 4 aromatic rings. The van der Waals surface area contributed by atoms with Crippen molar-refractivity contribution in [3.63, 3.8) is 0 Å². The molecular formula is C22H20N4O2S. The summed E-state index contributed by atoms with van der Waals surface area (Å²) < 4.78 is 8.70. The molecule has 0 saturated heterocycles. The van der Waals surface area contributed by atoms with E-state index in [2.05, 4.69) is 5.32 Å². The van der Waals surface area contributed by atoms with Gasteiger partial charge in [-0.25, -0.2) is 4.98 Å². The predicted octanol–water partition coefficient (Wildman–Crippen LogP) is 4.66. The molecule has 6 nitrogen and oxygen atoms in total. The lowest BCUT2D eigenvalue weighted by Crippen LogP contribution is -2.25. The lowest BCUT2D eigenvalue weighted by atomic mass is 9.85. The molecule has 0 unspecified atom stereocenters. The van der Waals surface area contributed by atoms with Gasteiger partial charge in [-0.05, 0) is 32.0 Å². The lowest BCUT2D eigenvalue weighted by molar-refractivity contribution is -0.116. The summed E-state index contributed by atoms with van der Waals surface area (Å²) in [4.78, 5) is 17.4. The Bertz CT molecular complexity index is 1190. The molecule has 7 heteroatoms. The minimum atomic E-state index is -0.107. The third kappa shape index (κ3) is 2.98. The number of rotatable bonds is 4. The number of ether oxygens (including phenoxy) is 1. The van der Waals surface area contributed by atoms with Crippen LogP contribution in [-0.4, -0.2) is 27.3 Å². The van der Waals surface area contributed by atoms with Crippen molar-refractivity contribution >= 4 is 33.3 Å². The molecule has 0 radical (unpaired) electrons. The fourth-order valence-corrected chi connectivity index (χ4v) is 4.88. The van der Waals surface area contributed by atoms with Crippen LogP contribution in [0, 0.1) is 6.92 Å². The Hall–Kier alpha value is -3.19. The first-order valence-corrected chi connectivity index (χ1v) is 10.4. The lowest BCUT2D eigenvalue weighted by Gasteiger charge is -2.25. The fraction of sp³-hybridized carbons (Fsp3) is 0.227. The van der Waals surface area contributed by atoms with E-state index in [0.717, 1.165) is 37.9 Å². The molecule has 29 heavy (non-hydrogen) atoms. The molecule has 5 rings (SSSR count). The van der Waals surface area contributed by atoms with Gasteiger partial charge in [-0.3, -0.25) is 4.79 Å². The summed E-state index contributed by atoms with van der Waals surface area (Å²) >= 11 is 1.56. The minimum Gasteiger partial charge on any atom is -0.494 e. The molecule has 146 valence electrons. The second-order valence-corrected chi connectivity index (χ2v) is 8.01. The quantitative estimate of drug-likeness (QED) is 0.537. The highest BCUT2D eigenvalue weighted by molar-refractivity contribution is 7.20. The van der Waals surface area contributed by atoms with E-state index in [1.807, 2.05) is 62.4 Å². The van der Waals surface area contributed by atoms with Crippen LogP contribution in [0.1, 0.15) is 36.1 Å². The summed E-state index contributed by atoms with van der Waals surface area (Å²) in [6, 6.07) is 15.9. The van der Waals surface area contributed by atoms with Crippen LogP contribution < -0.4 is 10.1 Å². The molecule has 1 aliphatic heterocycles. The summed E-state index contributed by atoms with van der Waals surface area (Å²) in [5, 5.41) is 8.53. The van der Waals surface area contributed by atoms with E-state index in [-0.39, 0.29) is 11.8 Å². The number of nitrogens with one attached hydrogen (secondary N) is 1. The molecule has 2 aromatic carbocycles. The number of aromatic nitrogens is 3. The van der Waals surface area contributed by atoms with Gasteiger partial charge in [-0.15, -0.1) is 0 Å². The molecule has 1 atom stereocenters. The van der Waals surface area contributed by atoms with Crippen molar-refractivity contribution in [3.05, 3.63) is 65.4 Å². The average Bonchev–Trinajstić information content (AvgIpc) is 3.29. The van der Waals surface area contributed by atoms with E-state index < -0.39 is 0 Å². The van der Waals surface area contributed by atoms with Gasteiger partial charge >= 0.3 is 0 Å². The zero-order valence-corrected chi connectivity index (χ0v) is 17.0. The normalized spacial score (nSPS) is 15.9. The summed E-state index contributed by atoms with van der Waals surface area (Å²) in [5.74, 6) is 1.38. The molecule has 0 aliphatic carbocycles. The van der Waals surface area contributed by atoms with Crippen LogP contribution in [0.3, 0.4) is 0 Å². The Morgan fingerprint density at radius 3 is 2.83 bits per heavy atom. The van der Waals surface area contributed by atoms with Gasteiger partial charge in [0.2, 0.25) is 11.0 Å². The first-order valence-electron chi connectivity index (χ1n) is 9.62. The summed E-state index contributed by atoms with van der Waals surface area (Å²) in [5.41, 5.74) is 3.85. The number of benzene rings is 2. The molecule has 0 spiro atoms. The maximum atomic E-state index is 12.6. The molecule has 1 aliphatic rings. The molecule has 1 N–H and O–H groups in total. The van der Waals surface area contributed by atoms with Crippen LogP contribution in [0.4, 0.5) is 5.82 Å². The van der Waals surface area contributed by atoms with Crippen molar-refractivity contribution in [2.24, 2.45) is 0 Å². The summed E-state index contributed by atoms with van der Waals surface area (Å²) in [7, 11) is 0. The third-order valence-corrected chi connectivity index (χ3v) is 6.17. The van der Waals surface area contributed by atoms with Crippen LogP contribution in [0.15, 0.2) is 48.5 Å². The maximum Gasteiger partial charge on any atom is 0.226 e. The zero-order chi connectivity index (χ0) is 20.0. The van der Waals surface area contributed by atoms with E-state index in [9.17, 15) is 4.79 Å². The number of amides is 1. The highest BCUT2D eigenvalue weighted by Crippen LogP contribution is 2.43. The van der Waals surface area contributed by atoms with E-state index in [1.165, 1.54) is 0 Å². The smallest absolute Gasteiger partial charge is 0.226 e. The third-order valence-electron chi connectivity index (χ3n) is 5.16. The number of hydrogen-bond acceptors (Lipinski definition) is 5. The van der Waals surface area contributed by atoms with Gasteiger partial charge < -0.3 is 10.1 Å². The van der Waals surface area contributed by atoms with Crippen molar-refractivity contribution in [3.8, 4) is 10.9 Å². The number of thiazole rings is 1. The number of carbonyl (C=O) groups excluding carboxylic acids is 1. The monoisotopic (exact) mass is 404 g/mol. The van der Waals surface area contributed by atoms with Crippen molar-refractivity contribution in [1.82, 2.24) is 14.8 Å². The number of nitrogens with zero attached hydrogens (tertiary/aromatic N) is 3. The van der Waals surface area contributed by atoms with Crippen molar-refractivity contribution in [1.29, 1.82) is 0 Å². The molecule has 1 amide bonds. The Morgan fingerprint density at radius 1 is 1.21 bits per heavy atom. The van der Waals surface area contributed by atoms with Crippen LogP contribution in [0.5, 0.6) is 5.75 Å². The number of hydrogen-bond donors (Lipinski definition) is 1. The predicted molar refractivity (Wildman–Crippen MR) is 114 cm³/mol. The van der Waals surface area contributed by atoms with Gasteiger partial charge in [0.15, 0.2) is 0 Å². The molecule has 3 heterocycles. The first-order chi connectivity index (χ1) is 14.2. The highest BCUT2D eigenvalue weighted by Gasteiger charge is 2.34. The van der Waals surface area contributed by atoms with Gasteiger partial charge in [0, 0.05) is 23.5 Å². The molecule has 0 fully saturated rings. The fourth-order valence-electron chi connectivity index (χ4n) is 3.96. The maximum absolute atomic E-state index is 12.6. The van der Waals surface area contributed by atoms with Crippen LogP contribution in [-0.2, 0) is 4.79 Å². The van der Waals surface area contributed by atoms with Crippen LogP contribution >= 0.6 is 11.3 Å². The second kappa shape index (κ2) is 7.00. The number of para-hydroxylation sites is 2. The summed E-state index contributed by atoms with van der Waals surface area (Å²) in [6.45, 7) is 4.52. The first kappa shape index (κ1) is 17.9. The average molecular weight is 404 g/mol. The van der Waals surface area contributed by atoms with E-state index >= 15 is 0 Å². The minimum absolute atomic E-state index is 0.0314. The SMILES string of the molecule is CCOc1ccccc1[C@@H]1CC(=O)Nc2c1c(C)nn2-c1nc2ccccc2s1. The van der Waals surface area contributed by atoms with Crippen molar-refractivity contribution in [2.75, 3.05) is 11.9 Å².